The molecule has 33 heavy (non-hydrogen) atoms. The number of carbonyl (C=O) groups excluding carboxylic acids is 2. The van der Waals surface area contributed by atoms with Crippen LogP contribution in [0, 0.1) is 0 Å². The fourth-order valence-electron chi connectivity index (χ4n) is 3.95. The van der Waals surface area contributed by atoms with E-state index in [1.807, 2.05) is 24.1 Å². The van der Waals surface area contributed by atoms with Gasteiger partial charge in [-0.25, -0.2) is 9.67 Å². The summed E-state index contributed by atoms with van der Waals surface area (Å²) in [6.07, 6.45) is 2.77. The van der Waals surface area contributed by atoms with Crippen LogP contribution >= 0.6 is 0 Å². The van der Waals surface area contributed by atoms with E-state index in [0.29, 0.717) is 22.5 Å². The molecule has 1 atom stereocenters. The van der Waals surface area contributed by atoms with Gasteiger partial charge in [0.15, 0.2) is 0 Å². The van der Waals surface area contributed by atoms with Gasteiger partial charge in [-0.05, 0) is 35.9 Å². The molecule has 1 aliphatic rings. The topological polar surface area (TPSA) is 109 Å². The molecule has 164 valence electrons. The smallest absolute Gasteiger partial charge is 0.275 e. The highest BCUT2D eigenvalue weighted by Crippen LogP contribution is 2.30. The highest BCUT2D eigenvalue weighted by Gasteiger charge is 2.30. The number of hydrogen-bond donors (Lipinski definition) is 2. The van der Waals surface area contributed by atoms with E-state index >= 15 is 0 Å². The highest BCUT2D eigenvalue weighted by molar-refractivity contribution is 6.01. The molecule has 0 saturated heterocycles. The number of hydrogen-bond acceptors (Lipinski definition) is 6. The molecule has 1 aliphatic heterocycles. The Morgan fingerprint density at radius 1 is 1.09 bits per heavy atom. The number of carbonyl (C=O) groups is 2. The first-order chi connectivity index (χ1) is 16.0. The van der Waals surface area contributed by atoms with Crippen molar-refractivity contribution < 1.29 is 9.59 Å². The van der Waals surface area contributed by atoms with Crippen molar-refractivity contribution >= 4 is 34.1 Å². The zero-order valence-corrected chi connectivity index (χ0v) is 17.7. The molecule has 2 aromatic carbocycles. The summed E-state index contributed by atoms with van der Waals surface area (Å²) in [4.78, 5) is 44.0. The summed E-state index contributed by atoms with van der Waals surface area (Å²) in [5.41, 5.74) is 1.51. The highest BCUT2D eigenvalue weighted by atomic mass is 16.2. The SMILES string of the molecule is CN1c2ncccc2C(=O)N[C@@H]1c1cccc(NC(=O)Cn2ncc3ccccc3c2=O)c1. The lowest BCUT2D eigenvalue weighted by Gasteiger charge is -2.35. The number of aromatic nitrogens is 3. The van der Waals surface area contributed by atoms with Gasteiger partial charge in [-0.3, -0.25) is 14.4 Å². The van der Waals surface area contributed by atoms with E-state index in [2.05, 4.69) is 20.7 Å². The Morgan fingerprint density at radius 3 is 2.82 bits per heavy atom. The van der Waals surface area contributed by atoms with E-state index in [9.17, 15) is 14.4 Å². The maximum Gasteiger partial charge on any atom is 0.275 e. The van der Waals surface area contributed by atoms with Crippen LogP contribution in [0.4, 0.5) is 11.5 Å². The normalized spacial score (nSPS) is 15.1. The Hall–Kier alpha value is -4.53. The molecule has 0 fully saturated rings. The van der Waals surface area contributed by atoms with Gasteiger partial charge in [0.1, 0.15) is 18.5 Å². The molecule has 2 N–H and O–H groups in total. The number of amides is 2. The molecule has 2 amide bonds. The molecule has 0 spiro atoms. The van der Waals surface area contributed by atoms with Crippen LogP contribution < -0.4 is 21.1 Å². The number of nitrogens with zero attached hydrogens (tertiary/aromatic N) is 4. The molecule has 0 aliphatic carbocycles. The molecule has 0 radical (unpaired) electrons. The molecular weight excluding hydrogens is 420 g/mol. The zero-order chi connectivity index (χ0) is 22.9. The summed E-state index contributed by atoms with van der Waals surface area (Å²) >= 11 is 0. The molecule has 5 rings (SSSR count). The van der Waals surface area contributed by atoms with Gasteiger partial charge in [-0.2, -0.15) is 5.10 Å². The average Bonchev–Trinajstić information content (AvgIpc) is 2.83. The van der Waals surface area contributed by atoms with Crippen LogP contribution in [-0.2, 0) is 11.3 Å². The third-order valence-corrected chi connectivity index (χ3v) is 5.56. The Bertz CT molecular complexity index is 1450. The van der Waals surface area contributed by atoms with Crippen molar-refractivity contribution in [3.05, 3.63) is 94.5 Å². The zero-order valence-electron chi connectivity index (χ0n) is 17.7. The molecular formula is C24H20N6O3. The van der Waals surface area contributed by atoms with Crippen molar-refractivity contribution in [1.29, 1.82) is 0 Å². The Balaban J connectivity index is 1.35. The summed E-state index contributed by atoms with van der Waals surface area (Å²) in [5, 5.41) is 11.1. The fourth-order valence-corrected chi connectivity index (χ4v) is 3.95. The molecule has 3 heterocycles. The van der Waals surface area contributed by atoms with E-state index in [1.165, 1.54) is 0 Å². The predicted molar refractivity (Wildman–Crippen MR) is 124 cm³/mol. The van der Waals surface area contributed by atoms with Crippen molar-refractivity contribution in [3.8, 4) is 0 Å². The van der Waals surface area contributed by atoms with Gasteiger partial charge in [0.2, 0.25) is 5.91 Å². The Labute approximate surface area is 188 Å². The van der Waals surface area contributed by atoms with Gasteiger partial charge in [-0.15, -0.1) is 0 Å². The minimum absolute atomic E-state index is 0.211. The minimum atomic E-state index is -0.443. The maximum atomic E-state index is 12.6. The number of rotatable bonds is 4. The van der Waals surface area contributed by atoms with Crippen molar-refractivity contribution in [3.63, 3.8) is 0 Å². The number of pyridine rings is 1. The molecule has 9 heteroatoms. The van der Waals surface area contributed by atoms with Gasteiger partial charge in [-0.1, -0.05) is 30.3 Å². The van der Waals surface area contributed by atoms with Crippen LogP contribution in [0.15, 0.2) is 77.9 Å². The standard InChI is InChI=1S/C24H20N6O3/c1-29-21(28-23(32)19-10-5-11-25-22(19)29)15-7-4-8-17(12-15)27-20(31)14-30-24(33)18-9-3-2-6-16(18)13-26-30/h2-13,21H,14H2,1H3,(H,27,31)(H,28,32)/t21-/m0/s1. The predicted octanol–water partition coefficient (Wildman–Crippen LogP) is 2.31. The summed E-state index contributed by atoms with van der Waals surface area (Å²) in [6, 6.07) is 17.7. The van der Waals surface area contributed by atoms with Crippen LogP contribution in [0.1, 0.15) is 22.1 Å². The van der Waals surface area contributed by atoms with Gasteiger partial charge >= 0.3 is 0 Å². The third kappa shape index (κ3) is 3.80. The number of fused-ring (bicyclic) bond motifs is 2. The van der Waals surface area contributed by atoms with Crippen LogP contribution in [0.25, 0.3) is 10.8 Å². The number of benzene rings is 2. The molecule has 4 aromatic rings. The van der Waals surface area contributed by atoms with Crippen LogP contribution in [0.3, 0.4) is 0 Å². The minimum Gasteiger partial charge on any atom is -0.335 e. The van der Waals surface area contributed by atoms with Gasteiger partial charge in [0, 0.05) is 24.3 Å². The summed E-state index contributed by atoms with van der Waals surface area (Å²) in [6.45, 7) is -0.217. The van der Waals surface area contributed by atoms with E-state index < -0.39 is 6.17 Å². The largest absolute Gasteiger partial charge is 0.335 e. The lowest BCUT2D eigenvalue weighted by atomic mass is 10.1. The van der Waals surface area contributed by atoms with E-state index in [0.717, 1.165) is 15.6 Å². The first kappa shape index (κ1) is 20.4. The second-order valence-electron chi connectivity index (χ2n) is 7.73. The van der Waals surface area contributed by atoms with Gasteiger partial charge in [0.25, 0.3) is 11.5 Å². The second-order valence-corrected chi connectivity index (χ2v) is 7.73. The lowest BCUT2D eigenvalue weighted by Crippen LogP contribution is -2.45. The van der Waals surface area contributed by atoms with Crippen LogP contribution in [-0.4, -0.2) is 33.6 Å². The van der Waals surface area contributed by atoms with Crippen molar-refractivity contribution in [2.24, 2.45) is 0 Å². The maximum absolute atomic E-state index is 12.6. The van der Waals surface area contributed by atoms with Crippen molar-refractivity contribution in [2.75, 3.05) is 17.3 Å². The molecule has 0 bridgehead atoms. The van der Waals surface area contributed by atoms with Gasteiger partial charge < -0.3 is 15.5 Å². The van der Waals surface area contributed by atoms with E-state index in [-0.39, 0.29) is 23.9 Å². The second kappa shape index (κ2) is 8.19. The monoisotopic (exact) mass is 440 g/mol. The molecule has 9 nitrogen and oxygen atoms in total. The van der Waals surface area contributed by atoms with Crippen molar-refractivity contribution in [1.82, 2.24) is 20.1 Å². The first-order valence-corrected chi connectivity index (χ1v) is 10.3. The summed E-state index contributed by atoms with van der Waals surface area (Å²) in [7, 11) is 1.85. The number of nitrogens with one attached hydrogen (secondary N) is 2. The first-order valence-electron chi connectivity index (χ1n) is 10.3. The van der Waals surface area contributed by atoms with E-state index in [4.69, 9.17) is 0 Å². The van der Waals surface area contributed by atoms with Crippen LogP contribution in [0.2, 0.25) is 0 Å². The number of anilines is 2. The van der Waals surface area contributed by atoms with Crippen molar-refractivity contribution in [2.45, 2.75) is 12.7 Å². The third-order valence-electron chi connectivity index (χ3n) is 5.56. The molecule has 0 unspecified atom stereocenters. The van der Waals surface area contributed by atoms with Gasteiger partial charge in [0.05, 0.1) is 17.1 Å². The quantitative estimate of drug-likeness (QED) is 0.504. The molecule has 0 saturated carbocycles. The fraction of sp³-hybridized carbons (Fsp3) is 0.125. The lowest BCUT2D eigenvalue weighted by molar-refractivity contribution is -0.117. The molecule has 2 aromatic heterocycles. The Kier molecular flexibility index (Phi) is 5.06. The summed E-state index contributed by atoms with van der Waals surface area (Å²) in [5.74, 6) is -0.00934. The summed E-state index contributed by atoms with van der Waals surface area (Å²) < 4.78 is 1.14. The average molecular weight is 440 g/mol. The van der Waals surface area contributed by atoms with Crippen LogP contribution in [0.5, 0.6) is 0 Å². The Morgan fingerprint density at radius 2 is 1.94 bits per heavy atom. The van der Waals surface area contributed by atoms with E-state index in [1.54, 1.807) is 60.9 Å².